The minimum absolute atomic E-state index is 0.0716. The zero-order valence-electron chi connectivity index (χ0n) is 13.4. The topological polar surface area (TPSA) is 64.0 Å². The van der Waals surface area contributed by atoms with Crippen molar-refractivity contribution in [3.05, 3.63) is 51.3 Å². The van der Waals surface area contributed by atoms with E-state index in [0.717, 1.165) is 16.9 Å². The number of benzene rings is 1. The normalized spacial score (nSPS) is 16.8. The molecule has 0 fully saturated rings. The largest absolute Gasteiger partial charge is 0.312 e. The summed E-state index contributed by atoms with van der Waals surface area (Å²) < 4.78 is 1.81. The Labute approximate surface area is 139 Å². The number of rotatable bonds is 3. The molecule has 0 saturated carbocycles. The summed E-state index contributed by atoms with van der Waals surface area (Å²) in [6.45, 7) is 4.01. The van der Waals surface area contributed by atoms with E-state index < -0.39 is 0 Å². The Morgan fingerprint density at radius 2 is 2.17 bits per heavy atom. The number of aryl methyl sites for hydroxylation is 1. The first-order valence-corrected chi connectivity index (χ1v) is 8.60. The van der Waals surface area contributed by atoms with Gasteiger partial charge in [0.05, 0.1) is 5.56 Å². The maximum absolute atomic E-state index is 12.6. The second-order valence-electron chi connectivity index (χ2n) is 5.67. The van der Waals surface area contributed by atoms with Gasteiger partial charge >= 0.3 is 0 Å². The number of aromatic nitrogens is 2. The first-order chi connectivity index (χ1) is 11.0. The number of anilines is 1. The van der Waals surface area contributed by atoms with E-state index in [9.17, 15) is 9.59 Å². The molecule has 0 saturated heterocycles. The van der Waals surface area contributed by atoms with Gasteiger partial charge in [0.2, 0.25) is 5.91 Å². The van der Waals surface area contributed by atoms with Crippen molar-refractivity contribution in [2.75, 3.05) is 11.1 Å². The average Bonchev–Trinajstić information content (AvgIpc) is 2.51. The fourth-order valence-electron chi connectivity index (χ4n) is 2.97. The zero-order chi connectivity index (χ0) is 16.6. The van der Waals surface area contributed by atoms with Gasteiger partial charge in [-0.3, -0.25) is 9.59 Å². The first kappa shape index (κ1) is 15.8. The Hall–Kier alpha value is -2.08. The molecule has 0 spiro atoms. The van der Waals surface area contributed by atoms with Crippen molar-refractivity contribution in [1.29, 1.82) is 0 Å². The SMILES string of the molecule is CCSc1nc(=O)c2c(n1C)NC(=O)CC2c1cccc(C)c1. The molecular weight excluding hydrogens is 310 g/mol. The van der Waals surface area contributed by atoms with Crippen molar-refractivity contribution in [3.63, 3.8) is 0 Å². The molecular formula is C17H19N3O2S. The number of hydrogen-bond acceptors (Lipinski definition) is 4. The maximum Gasteiger partial charge on any atom is 0.279 e. The van der Waals surface area contributed by atoms with Crippen LogP contribution in [0.15, 0.2) is 34.2 Å². The third-order valence-corrected chi connectivity index (χ3v) is 4.93. The molecule has 1 aliphatic heterocycles. The first-order valence-electron chi connectivity index (χ1n) is 7.61. The number of nitrogens with one attached hydrogen (secondary N) is 1. The van der Waals surface area contributed by atoms with Crippen LogP contribution >= 0.6 is 11.8 Å². The van der Waals surface area contributed by atoms with Gasteiger partial charge in [-0.2, -0.15) is 4.98 Å². The van der Waals surface area contributed by atoms with E-state index in [0.29, 0.717) is 16.5 Å². The van der Waals surface area contributed by atoms with E-state index in [-0.39, 0.29) is 23.8 Å². The molecule has 3 rings (SSSR count). The summed E-state index contributed by atoms with van der Waals surface area (Å²) in [5.41, 5.74) is 2.42. The van der Waals surface area contributed by atoms with Crippen molar-refractivity contribution in [1.82, 2.24) is 9.55 Å². The Bertz CT molecular complexity index is 829. The highest BCUT2D eigenvalue weighted by molar-refractivity contribution is 7.99. The summed E-state index contributed by atoms with van der Waals surface area (Å²) in [5.74, 6) is 1.07. The smallest absolute Gasteiger partial charge is 0.279 e. The average molecular weight is 329 g/mol. The van der Waals surface area contributed by atoms with E-state index in [2.05, 4.69) is 10.3 Å². The number of thioether (sulfide) groups is 1. The van der Waals surface area contributed by atoms with Crippen molar-refractivity contribution >= 4 is 23.5 Å². The Morgan fingerprint density at radius 1 is 1.39 bits per heavy atom. The quantitative estimate of drug-likeness (QED) is 0.694. The second kappa shape index (κ2) is 6.20. The van der Waals surface area contributed by atoms with Crippen molar-refractivity contribution in [2.45, 2.75) is 31.3 Å². The number of carbonyl (C=O) groups excluding carboxylic acids is 1. The van der Waals surface area contributed by atoms with Crippen LogP contribution in [0.1, 0.15) is 36.0 Å². The molecule has 1 unspecified atom stereocenters. The van der Waals surface area contributed by atoms with Crippen LogP contribution < -0.4 is 10.9 Å². The minimum Gasteiger partial charge on any atom is -0.312 e. The van der Waals surface area contributed by atoms with Crippen LogP contribution in [-0.4, -0.2) is 21.2 Å². The lowest BCUT2D eigenvalue weighted by molar-refractivity contribution is -0.116. The number of hydrogen-bond donors (Lipinski definition) is 1. The molecule has 2 aromatic rings. The van der Waals surface area contributed by atoms with Crippen molar-refractivity contribution < 1.29 is 4.79 Å². The number of amides is 1. The van der Waals surface area contributed by atoms with Crippen LogP contribution in [0.5, 0.6) is 0 Å². The van der Waals surface area contributed by atoms with Crippen LogP contribution in [0, 0.1) is 6.92 Å². The van der Waals surface area contributed by atoms with E-state index in [4.69, 9.17) is 0 Å². The summed E-state index contributed by atoms with van der Waals surface area (Å²) in [7, 11) is 1.84. The van der Waals surface area contributed by atoms with E-state index >= 15 is 0 Å². The molecule has 1 amide bonds. The molecule has 0 bridgehead atoms. The van der Waals surface area contributed by atoms with Crippen LogP contribution in [0.3, 0.4) is 0 Å². The zero-order valence-corrected chi connectivity index (χ0v) is 14.2. The lowest BCUT2D eigenvalue weighted by Crippen LogP contribution is -2.33. The van der Waals surface area contributed by atoms with Crippen LogP contribution in [0.25, 0.3) is 0 Å². The minimum atomic E-state index is -0.249. The molecule has 23 heavy (non-hydrogen) atoms. The number of carbonyl (C=O) groups is 1. The third-order valence-electron chi connectivity index (χ3n) is 4.02. The van der Waals surface area contributed by atoms with Crippen molar-refractivity contribution in [2.24, 2.45) is 7.05 Å². The van der Waals surface area contributed by atoms with E-state index in [1.54, 1.807) is 0 Å². The van der Waals surface area contributed by atoms with Gasteiger partial charge in [0.25, 0.3) is 5.56 Å². The maximum atomic E-state index is 12.6. The molecule has 1 N–H and O–H groups in total. The monoisotopic (exact) mass is 329 g/mol. The summed E-state index contributed by atoms with van der Waals surface area (Å²) in [5, 5.41) is 3.48. The fourth-order valence-corrected chi connectivity index (χ4v) is 3.66. The van der Waals surface area contributed by atoms with Gasteiger partial charge in [0, 0.05) is 19.4 Å². The Balaban J connectivity index is 2.20. The summed E-state index contributed by atoms with van der Waals surface area (Å²) >= 11 is 1.49. The Kier molecular flexibility index (Phi) is 4.26. The molecule has 120 valence electrons. The van der Waals surface area contributed by atoms with Gasteiger partial charge in [0.15, 0.2) is 5.16 Å². The second-order valence-corrected chi connectivity index (χ2v) is 6.90. The molecule has 1 aliphatic rings. The summed E-state index contributed by atoms with van der Waals surface area (Å²) in [6.07, 6.45) is 0.271. The van der Waals surface area contributed by atoms with Gasteiger partial charge in [-0.25, -0.2) is 0 Å². The van der Waals surface area contributed by atoms with Crippen LogP contribution in [0.4, 0.5) is 5.82 Å². The highest BCUT2D eigenvalue weighted by Gasteiger charge is 2.31. The highest BCUT2D eigenvalue weighted by atomic mass is 32.2. The Morgan fingerprint density at radius 3 is 2.87 bits per heavy atom. The van der Waals surface area contributed by atoms with Gasteiger partial charge in [-0.05, 0) is 18.2 Å². The highest BCUT2D eigenvalue weighted by Crippen LogP contribution is 2.35. The van der Waals surface area contributed by atoms with Gasteiger partial charge in [-0.1, -0.05) is 48.5 Å². The standard InChI is InChI=1S/C17H19N3O2S/c1-4-23-17-19-16(22)14-12(11-7-5-6-10(2)8-11)9-13(21)18-15(14)20(17)3/h5-8,12H,4,9H2,1-3H3,(H,18,21). The number of nitrogens with zero attached hydrogens (tertiary/aromatic N) is 2. The van der Waals surface area contributed by atoms with E-state index in [1.165, 1.54) is 11.8 Å². The predicted molar refractivity (Wildman–Crippen MR) is 92.1 cm³/mol. The summed E-state index contributed by atoms with van der Waals surface area (Å²) in [6, 6.07) is 7.95. The van der Waals surface area contributed by atoms with Crippen LogP contribution in [0.2, 0.25) is 0 Å². The molecule has 1 aromatic heterocycles. The molecule has 1 aromatic carbocycles. The predicted octanol–water partition coefficient (Wildman–Crippen LogP) is 2.67. The van der Waals surface area contributed by atoms with Gasteiger partial charge < -0.3 is 9.88 Å². The van der Waals surface area contributed by atoms with Gasteiger partial charge in [0.1, 0.15) is 5.82 Å². The molecule has 6 heteroatoms. The van der Waals surface area contributed by atoms with Crippen molar-refractivity contribution in [3.8, 4) is 0 Å². The molecule has 2 heterocycles. The lowest BCUT2D eigenvalue weighted by Gasteiger charge is -2.27. The molecule has 0 aliphatic carbocycles. The molecule has 5 nitrogen and oxygen atoms in total. The summed E-state index contributed by atoms with van der Waals surface area (Å²) in [4.78, 5) is 29.0. The van der Waals surface area contributed by atoms with Gasteiger partial charge in [-0.15, -0.1) is 0 Å². The molecule has 0 radical (unpaired) electrons. The third kappa shape index (κ3) is 2.91. The fraction of sp³-hybridized carbons (Fsp3) is 0.353. The lowest BCUT2D eigenvalue weighted by atomic mass is 9.86. The number of fused-ring (bicyclic) bond motifs is 1. The van der Waals surface area contributed by atoms with E-state index in [1.807, 2.05) is 49.7 Å². The molecule has 1 atom stereocenters. The van der Waals surface area contributed by atoms with Crippen LogP contribution in [-0.2, 0) is 11.8 Å².